The highest BCUT2D eigenvalue weighted by Gasteiger charge is 2.33. The minimum absolute atomic E-state index is 0.0801. The molecule has 2 amide bonds. The van der Waals surface area contributed by atoms with E-state index in [0.29, 0.717) is 17.0 Å². The van der Waals surface area contributed by atoms with Gasteiger partial charge in [-0.3, -0.25) is 13.9 Å². The highest BCUT2D eigenvalue weighted by atomic mass is 32.2. The SMILES string of the molecule is COc1ccc(CN(C(=O)CN(c2ccccc2C)S(=O)(=O)c2ccc(C)cc2)[C@H](C)C(=O)NC(C)C)cc1. The number of hydrogen-bond donors (Lipinski definition) is 1. The van der Waals surface area contributed by atoms with Crippen molar-refractivity contribution in [3.63, 3.8) is 0 Å². The molecule has 0 spiro atoms. The average Bonchev–Trinajstić information content (AvgIpc) is 2.90. The highest BCUT2D eigenvalue weighted by Crippen LogP contribution is 2.27. The highest BCUT2D eigenvalue weighted by molar-refractivity contribution is 7.92. The van der Waals surface area contributed by atoms with Crippen LogP contribution in [-0.2, 0) is 26.2 Å². The summed E-state index contributed by atoms with van der Waals surface area (Å²) in [6, 6.07) is 19.7. The molecule has 0 saturated carbocycles. The fraction of sp³-hybridized carbons (Fsp3) is 0.333. The Balaban J connectivity index is 2.03. The van der Waals surface area contributed by atoms with Gasteiger partial charge in [0, 0.05) is 12.6 Å². The number of methoxy groups -OCH3 is 1. The Labute approximate surface area is 231 Å². The molecule has 0 aliphatic rings. The van der Waals surface area contributed by atoms with Crippen LogP contribution in [-0.4, -0.2) is 50.9 Å². The van der Waals surface area contributed by atoms with Crippen molar-refractivity contribution < 1.29 is 22.7 Å². The lowest BCUT2D eigenvalue weighted by Crippen LogP contribution is -2.52. The Hall–Kier alpha value is -3.85. The van der Waals surface area contributed by atoms with E-state index in [0.717, 1.165) is 15.4 Å². The lowest BCUT2D eigenvalue weighted by atomic mass is 10.1. The van der Waals surface area contributed by atoms with E-state index in [9.17, 15) is 18.0 Å². The number of benzene rings is 3. The van der Waals surface area contributed by atoms with Gasteiger partial charge < -0.3 is 15.0 Å². The van der Waals surface area contributed by atoms with E-state index in [1.54, 1.807) is 63.4 Å². The summed E-state index contributed by atoms with van der Waals surface area (Å²) in [6.07, 6.45) is 0. The van der Waals surface area contributed by atoms with Gasteiger partial charge in [0.2, 0.25) is 11.8 Å². The summed E-state index contributed by atoms with van der Waals surface area (Å²) in [5, 5.41) is 2.85. The topological polar surface area (TPSA) is 96.0 Å². The van der Waals surface area contributed by atoms with Crippen molar-refractivity contribution >= 4 is 27.5 Å². The van der Waals surface area contributed by atoms with Gasteiger partial charge in [-0.05, 0) is 76.1 Å². The third kappa shape index (κ3) is 7.38. The van der Waals surface area contributed by atoms with Gasteiger partial charge >= 0.3 is 0 Å². The first-order valence-electron chi connectivity index (χ1n) is 12.8. The Morgan fingerprint density at radius 2 is 1.51 bits per heavy atom. The number of rotatable bonds is 11. The molecule has 3 rings (SSSR count). The molecule has 0 unspecified atom stereocenters. The van der Waals surface area contributed by atoms with Gasteiger partial charge in [-0.2, -0.15) is 0 Å². The molecule has 1 N–H and O–H groups in total. The lowest BCUT2D eigenvalue weighted by Gasteiger charge is -2.32. The summed E-state index contributed by atoms with van der Waals surface area (Å²) in [5.74, 6) is -0.163. The normalized spacial score (nSPS) is 12.1. The summed E-state index contributed by atoms with van der Waals surface area (Å²) in [5.41, 5.74) is 2.80. The fourth-order valence-corrected chi connectivity index (χ4v) is 5.59. The molecule has 0 heterocycles. The number of hydrogen-bond acceptors (Lipinski definition) is 5. The van der Waals surface area contributed by atoms with Gasteiger partial charge in [0.05, 0.1) is 17.7 Å². The Morgan fingerprint density at radius 3 is 2.08 bits per heavy atom. The molecule has 0 aliphatic carbocycles. The van der Waals surface area contributed by atoms with Crippen LogP contribution in [0.5, 0.6) is 5.75 Å². The minimum Gasteiger partial charge on any atom is -0.497 e. The monoisotopic (exact) mass is 551 g/mol. The van der Waals surface area contributed by atoms with E-state index in [4.69, 9.17) is 4.74 Å². The van der Waals surface area contributed by atoms with E-state index in [2.05, 4.69) is 5.32 Å². The Bertz CT molecular complexity index is 1390. The van der Waals surface area contributed by atoms with Gasteiger partial charge in [-0.25, -0.2) is 8.42 Å². The van der Waals surface area contributed by atoms with Crippen molar-refractivity contribution in [2.24, 2.45) is 0 Å². The molecule has 9 heteroatoms. The lowest BCUT2D eigenvalue weighted by molar-refractivity contribution is -0.139. The molecule has 0 aliphatic heterocycles. The maximum absolute atomic E-state index is 13.9. The second-order valence-electron chi connectivity index (χ2n) is 9.82. The van der Waals surface area contributed by atoms with Crippen molar-refractivity contribution in [3.05, 3.63) is 89.5 Å². The van der Waals surface area contributed by atoms with Crippen LogP contribution in [0, 0.1) is 13.8 Å². The number of carbonyl (C=O) groups is 2. The first-order chi connectivity index (χ1) is 18.4. The van der Waals surface area contributed by atoms with Crippen LogP contribution in [0.1, 0.15) is 37.5 Å². The average molecular weight is 552 g/mol. The molecule has 0 radical (unpaired) electrons. The maximum Gasteiger partial charge on any atom is 0.264 e. The van der Waals surface area contributed by atoms with Crippen LogP contribution in [0.3, 0.4) is 0 Å². The Morgan fingerprint density at radius 1 is 0.897 bits per heavy atom. The van der Waals surface area contributed by atoms with Crippen LogP contribution in [0.2, 0.25) is 0 Å². The molecule has 8 nitrogen and oxygen atoms in total. The van der Waals surface area contributed by atoms with Gasteiger partial charge in [0.1, 0.15) is 18.3 Å². The number of sulfonamides is 1. The van der Waals surface area contributed by atoms with E-state index in [-0.39, 0.29) is 23.4 Å². The van der Waals surface area contributed by atoms with Crippen LogP contribution >= 0.6 is 0 Å². The zero-order valence-electron chi connectivity index (χ0n) is 23.3. The molecule has 0 aromatic heterocycles. The van der Waals surface area contributed by atoms with Crippen molar-refractivity contribution in [3.8, 4) is 5.75 Å². The summed E-state index contributed by atoms with van der Waals surface area (Å²) in [4.78, 5) is 28.4. The Kier molecular flexibility index (Phi) is 9.75. The van der Waals surface area contributed by atoms with Crippen molar-refractivity contribution in [1.29, 1.82) is 0 Å². The number of amides is 2. The number of nitrogens with zero attached hydrogens (tertiary/aromatic N) is 2. The predicted molar refractivity (Wildman–Crippen MR) is 153 cm³/mol. The molecular weight excluding hydrogens is 514 g/mol. The van der Waals surface area contributed by atoms with E-state index < -0.39 is 28.5 Å². The minimum atomic E-state index is -4.10. The number of carbonyl (C=O) groups excluding carboxylic acids is 2. The number of para-hydroxylation sites is 1. The van der Waals surface area contributed by atoms with E-state index >= 15 is 0 Å². The summed E-state index contributed by atoms with van der Waals surface area (Å²) < 4.78 is 34.2. The summed E-state index contributed by atoms with van der Waals surface area (Å²) in [6.45, 7) is 8.64. The number of anilines is 1. The molecule has 0 saturated heterocycles. The smallest absolute Gasteiger partial charge is 0.264 e. The van der Waals surface area contributed by atoms with Gasteiger partial charge in [-0.15, -0.1) is 0 Å². The molecule has 208 valence electrons. The largest absolute Gasteiger partial charge is 0.497 e. The first kappa shape index (κ1) is 29.7. The standard InChI is InChI=1S/C30H37N3O5S/c1-21(2)31-30(35)24(5)32(19-25-13-15-26(38-6)16-14-25)29(34)20-33(28-10-8-7-9-23(28)4)39(36,37)27-17-11-22(3)12-18-27/h7-18,21,24H,19-20H2,1-6H3,(H,31,35)/t24-/m1/s1. The zero-order valence-corrected chi connectivity index (χ0v) is 24.2. The van der Waals surface area contributed by atoms with Crippen LogP contribution in [0.15, 0.2) is 77.7 Å². The zero-order chi connectivity index (χ0) is 28.7. The molecule has 0 bridgehead atoms. The number of aryl methyl sites for hydroxylation is 2. The second kappa shape index (κ2) is 12.8. The van der Waals surface area contributed by atoms with Crippen molar-refractivity contribution in [1.82, 2.24) is 10.2 Å². The number of nitrogens with one attached hydrogen (secondary N) is 1. The molecule has 39 heavy (non-hydrogen) atoms. The predicted octanol–water partition coefficient (Wildman–Crippen LogP) is 4.45. The third-order valence-corrected chi connectivity index (χ3v) is 8.16. The van der Waals surface area contributed by atoms with E-state index in [1.165, 1.54) is 17.0 Å². The van der Waals surface area contributed by atoms with Crippen LogP contribution < -0.4 is 14.4 Å². The summed E-state index contributed by atoms with van der Waals surface area (Å²) in [7, 11) is -2.53. The van der Waals surface area contributed by atoms with Crippen LogP contribution in [0.25, 0.3) is 0 Å². The van der Waals surface area contributed by atoms with Crippen molar-refractivity contribution in [2.45, 2.75) is 58.1 Å². The molecule has 1 atom stereocenters. The summed E-state index contributed by atoms with van der Waals surface area (Å²) >= 11 is 0. The maximum atomic E-state index is 13.9. The second-order valence-corrected chi connectivity index (χ2v) is 11.7. The van der Waals surface area contributed by atoms with Gasteiger partial charge in [0.25, 0.3) is 10.0 Å². The quantitative estimate of drug-likeness (QED) is 0.380. The molecule has 0 fully saturated rings. The van der Waals surface area contributed by atoms with Gasteiger partial charge in [-0.1, -0.05) is 48.0 Å². The molecule has 3 aromatic rings. The first-order valence-corrected chi connectivity index (χ1v) is 14.3. The molecular formula is C30H37N3O5S. The fourth-order valence-electron chi connectivity index (χ4n) is 4.11. The number of ether oxygens (including phenoxy) is 1. The van der Waals surface area contributed by atoms with Crippen LogP contribution in [0.4, 0.5) is 5.69 Å². The van der Waals surface area contributed by atoms with E-state index in [1.807, 2.05) is 39.0 Å². The molecule has 3 aromatic carbocycles. The third-order valence-electron chi connectivity index (χ3n) is 6.38. The van der Waals surface area contributed by atoms with Crippen molar-refractivity contribution in [2.75, 3.05) is 18.0 Å². The van der Waals surface area contributed by atoms with Gasteiger partial charge in [0.15, 0.2) is 0 Å².